The number of carbonyl (C=O) groups excluding carboxylic acids is 1. The van der Waals surface area contributed by atoms with Gasteiger partial charge in [-0.2, -0.15) is 0 Å². The van der Waals surface area contributed by atoms with Crippen LogP contribution < -0.4 is 0 Å². The van der Waals surface area contributed by atoms with E-state index in [1.807, 2.05) is 13.8 Å². The molecule has 5 heteroatoms. The fraction of sp³-hybridized carbons (Fsp3) is 0.909. The summed E-state index contributed by atoms with van der Waals surface area (Å²) in [5.74, 6) is 0.00852. The van der Waals surface area contributed by atoms with Crippen molar-refractivity contribution >= 4 is 5.91 Å². The molecular formula is C11H21NO4. The minimum Gasteiger partial charge on any atom is -0.394 e. The zero-order chi connectivity index (χ0) is 12.2. The molecule has 5 nitrogen and oxygen atoms in total. The molecule has 0 aromatic carbocycles. The van der Waals surface area contributed by atoms with E-state index in [4.69, 9.17) is 14.6 Å². The van der Waals surface area contributed by atoms with Crippen LogP contribution in [0.2, 0.25) is 0 Å². The molecule has 1 unspecified atom stereocenters. The zero-order valence-electron chi connectivity index (χ0n) is 10.2. The summed E-state index contributed by atoms with van der Waals surface area (Å²) in [6.07, 6.45) is 0.319. The second-order valence-corrected chi connectivity index (χ2v) is 4.64. The summed E-state index contributed by atoms with van der Waals surface area (Å²) in [5, 5.41) is 9.16. The molecule has 1 rings (SSSR count). The molecule has 16 heavy (non-hydrogen) atoms. The van der Waals surface area contributed by atoms with E-state index in [0.717, 1.165) is 0 Å². The highest BCUT2D eigenvalue weighted by molar-refractivity contribution is 5.77. The Morgan fingerprint density at radius 1 is 1.62 bits per heavy atom. The minimum absolute atomic E-state index is 0.00852. The quantitative estimate of drug-likeness (QED) is 0.741. The molecule has 1 saturated heterocycles. The van der Waals surface area contributed by atoms with Crippen LogP contribution >= 0.6 is 0 Å². The van der Waals surface area contributed by atoms with Crippen LogP contribution in [0.1, 0.15) is 20.3 Å². The van der Waals surface area contributed by atoms with E-state index >= 15 is 0 Å². The third kappa shape index (κ3) is 3.43. The van der Waals surface area contributed by atoms with E-state index in [-0.39, 0.29) is 18.6 Å². The second kappa shape index (κ2) is 5.61. The highest BCUT2D eigenvalue weighted by atomic mass is 16.5. The lowest BCUT2D eigenvalue weighted by Crippen LogP contribution is -2.51. The predicted molar refractivity (Wildman–Crippen MR) is 59.1 cm³/mol. The maximum Gasteiger partial charge on any atom is 0.225 e. The summed E-state index contributed by atoms with van der Waals surface area (Å²) < 4.78 is 10.5. The van der Waals surface area contributed by atoms with Crippen molar-refractivity contribution in [2.24, 2.45) is 0 Å². The zero-order valence-corrected chi connectivity index (χ0v) is 10.2. The van der Waals surface area contributed by atoms with Crippen molar-refractivity contribution in [2.45, 2.75) is 31.9 Å². The Morgan fingerprint density at radius 2 is 2.31 bits per heavy atom. The molecule has 1 N–H and O–H groups in total. The predicted octanol–water partition coefficient (Wildman–Crippen LogP) is 0.0212. The van der Waals surface area contributed by atoms with Crippen LogP contribution in [-0.2, 0) is 14.3 Å². The van der Waals surface area contributed by atoms with Gasteiger partial charge < -0.3 is 19.5 Å². The summed E-state index contributed by atoms with van der Waals surface area (Å²) in [7, 11) is 1.59. The largest absolute Gasteiger partial charge is 0.394 e. The number of amides is 1. The number of aliphatic hydroxyl groups excluding tert-OH is 1. The van der Waals surface area contributed by atoms with Crippen molar-refractivity contribution in [1.29, 1.82) is 0 Å². The number of morpholine rings is 1. The molecular weight excluding hydrogens is 210 g/mol. The summed E-state index contributed by atoms with van der Waals surface area (Å²) >= 11 is 0. The lowest BCUT2D eigenvalue weighted by molar-refractivity contribution is -0.146. The fourth-order valence-electron chi connectivity index (χ4n) is 1.67. The molecule has 0 aliphatic carbocycles. The van der Waals surface area contributed by atoms with Gasteiger partial charge in [-0.15, -0.1) is 0 Å². The monoisotopic (exact) mass is 231 g/mol. The number of rotatable bonds is 4. The van der Waals surface area contributed by atoms with E-state index in [9.17, 15) is 4.79 Å². The summed E-state index contributed by atoms with van der Waals surface area (Å²) in [6, 6.07) is -0.214. The summed E-state index contributed by atoms with van der Waals surface area (Å²) in [6.45, 7) is 5.19. The third-order valence-electron chi connectivity index (χ3n) is 2.89. The van der Waals surface area contributed by atoms with Crippen molar-refractivity contribution < 1.29 is 19.4 Å². The Hall–Kier alpha value is -0.650. The maximum atomic E-state index is 12.0. The maximum absolute atomic E-state index is 12.0. The smallest absolute Gasteiger partial charge is 0.225 e. The Labute approximate surface area is 96.3 Å². The number of methoxy groups -OCH3 is 1. The van der Waals surface area contributed by atoms with E-state index in [1.54, 1.807) is 12.0 Å². The van der Waals surface area contributed by atoms with Gasteiger partial charge in [-0.1, -0.05) is 0 Å². The van der Waals surface area contributed by atoms with Gasteiger partial charge >= 0.3 is 0 Å². The van der Waals surface area contributed by atoms with Gasteiger partial charge in [-0.3, -0.25) is 4.79 Å². The molecule has 1 amide bonds. The van der Waals surface area contributed by atoms with Crippen molar-refractivity contribution in [1.82, 2.24) is 4.90 Å². The van der Waals surface area contributed by atoms with Gasteiger partial charge in [-0.25, -0.2) is 0 Å². The lowest BCUT2D eigenvalue weighted by Gasteiger charge is -2.36. The van der Waals surface area contributed by atoms with Crippen LogP contribution in [0.5, 0.6) is 0 Å². The SMILES string of the molecule is COC(C)(C)CC(=O)N1CCOCC1CO. The highest BCUT2D eigenvalue weighted by Crippen LogP contribution is 2.17. The molecule has 0 spiro atoms. The first-order valence-electron chi connectivity index (χ1n) is 5.53. The molecule has 1 heterocycles. The number of ether oxygens (including phenoxy) is 2. The number of carbonyl (C=O) groups is 1. The molecule has 0 aromatic rings. The van der Waals surface area contributed by atoms with E-state index in [0.29, 0.717) is 26.2 Å². The Balaban J connectivity index is 2.57. The van der Waals surface area contributed by atoms with Crippen LogP contribution in [0.15, 0.2) is 0 Å². The molecule has 0 aromatic heterocycles. The fourth-order valence-corrected chi connectivity index (χ4v) is 1.67. The molecule has 1 atom stereocenters. The van der Waals surface area contributed by atoms with Crippen molar-refractivity contribution in [3.05, 3.63) is 0 Å². The lowest BCUT2D eigenvalue weighted by atomic mass is 10.0. The van der Waals surface area contributed by atoms with Crippen LogP contribution in [0, 0.1) is 0 Å². The van der Waals surface area contributed by atoms with Gasteiger partial charge in [0.25, 0.3) is 0 Å². The molecule has 94 valence electrons. The average Bonchev–Trinajstić information content (AvgIpc) is 2.28. The van der Waals surface area contributed by atoms with Gasteiger partial charge in [-0.05, 0) is 13.8 Å². The van der Waals surface area contributed by atoms with Gasteiger partial charge in [0, 0.05) is 13.7 Å². The van der Waals surface area contributed by atoms with Gasteiger partial charge in [0.05, 0.1) is 37.9 Å². The van der Waals surface area contributed by atoms with Crippen molar-refractivity contribution in [2.75, 3.05) is 33.5 Å². The number of nitrogens with zero attached hydrogens (tertiary/aromatic N) is 1. The molecule has 1 fully saturated rings. The normalized spacial score (nSPS) is 22.2. The minimum atomic E-state index is -0.463. The molecule has 0 saturated carbocycles. The van der Waals surface area contributed by atoms with Gasteiger partial charge in [0.2, 0.25) is 5.91 Å². The van der Waals surface area contributed by atoms with Crippen LogP contribution in [0.3, 0.4) is 0 Å². The summed E-state index contributed by atoms with van der Waals surface area (Å²) in [5.41, 5.74) is -0.463. The van der Waals surface area contributed by atoms with Crippen LogP contribution in [0.4, 0.5) is 0 Å². The van der Waals surface area contributed by atoms with Crippen molar-refractivity contribution in [3.63, 3.8) is 0 Å². The molecule has 1 aliphatic rings. The van der Waals surface area contributed by atoms with Gasteiger partial charge in [0.15, 0.2) is 0 Å². The molecule has 1 aliphatic heterocycles. The summed E-state index contributed by atoms with van der Waals surface area (Å²) in [4.78, 5) is 13.7. The van der Waals surface area contributed by atoms with E-state index < -0.39 is 5.60 Å². The van der Waals surface area contributed by atoms with Crippen molar-refractivity contribution in [3.8, 4) is 0 Å². The molecule has 0 radical (unpaired) electrons. The Kier molecular flexibility index (Phi) is 4.70. The van der Waals surface area contributed by atoms with E-state index in [1.165, 1.54) is 0 Å². The Bertz CT molecular complexity index is 242. The van der Waals surface area contributed by atoms with Crippen LogP contribution in [0.25, 0.3) is 0 Å². The van der Waals surface area contributed by atoms with Gasteiger partial charge in [0.1, 0.15) is 0 Å². The number of aliphatic hydroxyl groups is 1. The van der Waals surface area contributed by atoms with Crippen LogP contribution in [-0.4, -0.2) is 61.0 Å². The third-order valence-corrected chi connectivity index (χ3v) is 2.89. The first-order chi connectivity index (χ1) is 7.50. The van der Waals surface area contributed by atoms with E-state index in [2.05, 4.69) is 0 Å². The Morgan fingerprint density at radius 3 is 2.88 bits per heavy atom. The second-order valence-electron chi connectivity index (χ2n) is 4.64. The molecule has 0 bridgehead atoms. The number of hydrogen-bond donors (Lipinski definition) is 1. The first kappa shape index (κ1) is 13.4. The number of hydrogen-bond acceptors (Lipinski definition) is 4. The standard InChI is InChI=1S/C11H21NO4/c1-11(2,15-3)6-10(14)12-4-5-16-8-9(12)7-13/h9,13H,4-8H2,1-3H3. The average molecular weight is 231 g/mol. The first-order valence-corrected chi connectivity index (χ1v) is 5.53. The topological polar surface area (TPSA) is 59.0 Å². The highest BCUT2D eigenvalue weighted by Gasteiger charge is 2.30.